The number of aromatic nitrogens is 5. The van der Waals surface area contributed by atoms with E-state index in [1.54, 1.807) is 30.5 Å². The number of pyridine rings is 1. The molecule has 0 aliphatic carbocycles. The van der Waals surface area contributed by atoms with Crippen molar-refractivity contribution in [1.82, 2.24) is 24.3 Å². The Morgan fingerprint density at radius 2 is 1.94 bits per heavy atom. The number of nitrogens with zero attached hydrogens (tertiary/aromatic N) is 6. The van der Waals surface area contributed by atoms with Crippen LogP contribution in [0.4, 0.5) is 10.1 Å². The van der Waals surface area contributed by atoms with Crippen LogP contribution in [0.2, 0.25) is 0 Å². The van der Waals surface area contributed by atoms with Crippen molar-refractivity contribution in [2.75, 3.05) is 0 Å². The molecule has 0 N–H and O–H groups in total. The number of fused-ring (bicyclic) bond motifs is 2. The van der Waals surface area contributed by atoms with Crippen LogP contribution < -0.4 is 5.56 Å². The summed E-state index contributed by atoms with van der Waals surface area (Å²) < 4.78 is 16.6. The van der Waals surface area contributed by atoms with Crippen molar-refractivity contribution in [2.24, 2.45) is 0 Å². The highest BCUT2D eigenvalue weighted by atomic mass is 19.1. The van der Waals surface area contributed by atoms with E-state index in [0.717, 1.165) is 0 Å². The van der Waals surface area contributed by atoms with Crippen LogP contribution in [0.15, 0.2) is 72.0 Å². The lowest BCUT2D eigenvalue weighted by molar-refractivity contribution is -0.384. The highest BCUT2D eigenvalue weighted by Gasteiger charge is 2.19. The molecule has 2 aromatic carbocycles. The Morgan fingerprint density at radius 3 is 2.77 bits per heavy atom. The van der Waals surface area contributed by atoms with Gasteiger partial charge in [-0.2, -0.15) is 5.10 Å². The Bertz CT molecular complexity index is 1540. The fraction of sp³-hybridized carbons (Fsp3) is 0.0476. The molecule has 0 atom stereocenters. The van der Waals surface area contributed by atoms with Crippen LogP contribution in [0, 0.1) is 15.9 Å². The first-order valence-corrected chi connectivity index (χ1v) is 9.23. The van der Waals surface area contributed by atoms with Crippen molar-refractivity contribution in [3.63, 3.8) is 0 Å². The van der Waals surface area contributed by atoms with Gasteiger partial charge >= 0.3 is 0 Å². The third kappa shape index (κ3) is 3.10. The van der Waals surface area contributed by atoms with E-state index in [2.05, 4.69) is 15.1 Å². The number of rotatable bonds is 4. The van der Waals surface area contributed by atoms with E-state index >= 15 is 0 Å². The SMILES string of the molecule is O=c1c2cnn(-c3ccccc3[N+](=O)[O-])c2ncn1Cc1cc(F)cc2cccnc12. The summed E-state index contributed by atoms with van der Waals surface area (Å²) in [7, 11) is 0. The molecule has 10 heteroatoms. The summed E-state index contributed by atoms with van der Waals surface area (Å²) in [5.41, 5.74) is 0.959. The van der Waals surface area contributed by atoms with Gasteiger partial charge in [-0.1, -0.05) is 18.2 Å². The van der Waals surface area contributed by atoms with Gasteiger partial charge in [-0.05, 0) is 24.3 Å². The molecule has 5 aromatic rings. The van der Waals surface area contributed by atoms with Gasteiger partial charge in [0.05, 0.1) is 23.2 Å². The van der Waals surface area contributed by atoms with Gasteiger partial charge in [0.15, 0.2) is 5.65 Å². The van der Waals surface area contributed by atoms with E-state index in [9.17, 15) is 19.3 Å². The summed E-state index contributed by atoms with van der Waals surface area (Å²) in [5, 5.41) is 16.3. The van der Waals surface area contributed by atoms with E-state index in [-0.39, 0.29) is 29.0 Å². The number of para-hydroxylation sites is 2. The van der Waals surface area contributed by atoms with E-state index in [1.165, 1.54) is 46.0 Å². The highest BCUT2D eigenvalue weighted by Crippen LogP contribution is 2.24. The Balaban J connectivity index is 1.63. The minimum Gasteiger partial charge on any atom is -0.294 e. The Kier molecular flexibility index (Phi) is 4.25. The molecule has 0 aliphatic rings. The second kappa shape index (κ2) is 7.10. The van der Waals surface area contributed by atoms with Crippen LogP contribution in [-0.2, 0) is 6.54 Å². The van der Waals surface area contributed by atoms with Crippen molar-refractivity contribution in [1.29, 1.82) is 0 Å². The molecule has 0 amide bonds. The second-order valence-electron chi connectivity index (χ2n) is 6.86. The number of nitro benzene ring substituents is 1. The lowest BCUT2D eigenvalue weighted by Crippen LogP contribution is -2.21. The van der Waals surface area contributed by atoms with Gasteiger partial charge in [-0.15, -0.1) is 0 Å². The van der Waals surface area contributed by atoms with Gasteiger partial charge in [0.25, 0.3) is 11.2 Å². The average molecular weight is 416 g/mol. The summed E-state index contributed by atoms with van der Waals surface area (Å²) in [6, 6.07) is 12.2. The predicted octanol–water partition coefficient (Wildman–Crippen LogP) is 3.23. The smallest absolute Gasteiger partial charge is 0.294 e. The monoisotopic (exact) mass is 416 g/mol. The van der Waals surface area contributed by atoms with E-state index in [1.807, 2.05) is 0 Å². The largest absolute Gasteiger partial charge is 0.294 e. The average Bonchev–Trinajstić information content (AvgIpc) is 3.20. The molecule has 3 aromatic heterocycles. The van der Waals surface area contributed by atoms with Gasteiger partial charge in [-0.3, -0.25) is 24.5 Å². The minimum absolute atomic E-state index is 0.0592. The predicted molar refractivity (Wildman–Crippen MR) is 111 cm³/mol. The highest BCUT2D eigenvalue weighted by molar-refractivity contribution is 5.82. The minimum atomic E-state index is -0.522. The zero-order chi connectivity index (χ0) is 21.5. The van der Waals surface area contributed by atoms with E-state index < -0.39 is 16.3 Å². The first kappa shape index (κ1) is 18.6. The first-order chi connectivity index (χ1) is 15.0. The van der Waals surface area contributed by atoms with Gasteiger partial charge < -0.3 is 0 Å². The molecule has 0 aliphatic heterocycles. The van der Waals surface area contributed by atoms with Crippen LogP contribution in [-0.4, -0.2) is 29.2 Å². The molecule has 0 bridgehead atoms. The van der Waals surface area contributed by atoms with Crippen molar-refractivity contribution in [2.45, 2.75) is 6.54 Å². The third-order valence-electron chi connectivity index (χ3n) is 4.95. The topological polar surface area (TPSA) is 109 Å². The van der Waals surface area contributed by atoms with Gasteiger partial charge in [-0.25, -0.2) is 14.1 Å². The second-order valence-corrected chi connectivity index (χ2v) is 6.86. The number of hydrogen-bond acceptors (Lipinski definition) is 6. The van der Waals surface area contributed by atoms with Crippen LogP contribution >= 0.6 is 0 Å². The molecule has 0 saturated carbocycles. The molecule has 3 heterocycles. The molecule has 0 unspecified atom stereocenters. The van der Waals surface area contributed by atoms with Crippen LogP contribution in [0.25, 0.3) is 27.6 Å². The summed E-state index contributed by atoms with van der Waals surface area (Å²) in [4.78, 5) is 32.5. The van der Waals surface area contributed by atoms with Crippen molar-refractivity contribution in [3.8, 4) is 5.69 Å². The maximum Gasteiger partial charge on any atom is 0.294 e. The third-order valence-corrected chi connectivity index (χ3v) is 4.95. The lowest BCUT2D eigenvalue weighted by Gasteiger charge is -2.09. The molecule has 0 fully saturated rings. The van der Waals surface area contributed by atoms with E-state index in [0.29, 0.717) is 16.5 Å². The first-order valence-electron chi connectivity index (χ1n) is 9.23. The standard InChI is InChI=1S/C21H13FN6O3/c22-15-8-13-4-3-7-23-19(13)14(9-15)11-26-12-24-20-16(21(26)29)10-25-27(20)17-5-1-2-6-18(17)28(30)31/h1-10,12H,11H2. The van der Waals surface area contributed by atoms with Crippen molar-refractivity contribution in [3.05, 3.63) is 99.1 Å². The zero-order valence-corrected chi connectivity index (χ0v) is 15.8. The molecular weight excluding hydrogens is 403 g/mol. The number of nitro groups is 1. The number of benzene rings is 2. The maximum absolute atomic E-state index is 14.0. The van der Waals surface area contributed by atoms with Crippen LogP contribution in [0.3, 0.4) is 0 Å². The van der Waals surface area contributed by atoms with Crippen LogP contribution in [0.5, 0.6) is 0 Å². The molecular formula is C21H13FN6O3. The Hall–Kier alpha value is -4.47. The normalized spacial score (nSPS) is 11.3. The molecule has 31 heavy (non-hydrogen) atoms. The fourth-order valence-electron chi connectivity index (χ4n) is 3.57. The van der Waals surface area contributed by atoms with Crippen molar-refractivity contribution >= 4 is 27.6 Å². The molecule has 0 saturated heterocycles. The summed E-state index contributed by atoms with van der Waals surface area (Å²) >= 11 is 0. The number of halogens is 1. The number of hydrogen-bond donors (Lipinski definition) is 0. The van der Waals surface area contributed by atoms with Crippen LogP contribution in [0.1, 0.15) is 5.56 Å². The zero-order valence-electron chi connectivity index (χ0n) is 15.8. The summed E-state index contributed by atoms with van der Waals surface area (Å²) in [6.45, 7) is 0.0592. The summed E-state index contributed by atoms with van der Waals surface area (Å²) in [6.07, 6.45) is 4.24. The molecule has 9 nitrogen and oxygen atoms in total. The van der Waals surface area contributed by atoms with E-state index in [4.69, 9.17) is 0 Å². The van der Waals surface area contributed by atoms with Crippen molar-refractivity contribution < 1.29 is 9.31 Å². The Labute approximate surface area is 173 Å². The lowest BCUT2D eigenvalue weighted by atomic mass is 10.1. The maximum atomic E-state index is 14.0. The molecule has 5 rings (SSSR count). The quantitative estimate of drug-likeness (QED) is 0.329. The fourth-order valence-corrected chi connectivity index (χ4v) is 3.57. The summed E-state index contributed by atoms with van der Waals surface area (Å²) in [5.74, 6) is -0.429. The molecule has 0 spiro atoms. The Morgan fingerprint density at radius 1 is 1.10 bits per heavy atom. The molecule has 152 valence electrons. The van der Waals surface area contributed by atoms with Gasteiger partial charge in [0.2, 0.25) is 0 Å². The van der Waals surface area contributed by atoms with Gasteiger partial charge in [0.1, 0.15) is 23.2 Å². The van der Waals surface area contributed by atoms with Gasteiger partial charge in [0, 0.05) is 23.2 Å². The molecule has 0 radical (unpaired) electrons.